The van der Waals surface area contributed by atoms with Crippen LogP contribution in [0.3, 0.4) is 0 Å². The normalized spacial score (nSPS) is 21.5. The van der Waals surface area contributed by atoms with Crippen molar-refractivity contribution >= 4 is 17.8 Å². The minimum absolute atomic E-state index is 0.0843. The first kappa shape index (κ1) is 18.9. The number of alkyl carbamates (subject to hydrolysis) is 1. The third kappa shape index (κ3) is 5.56. The third-order valence-electron chi connectivity index (χ3n) is 3.61. The predicted molar refractivity (Wildman–Crippen MR) is 90.8 cm³/mol. The minimum atomic E-state index is -0.790. The van der Waals surface area contributed by atoms with E-state index in [9.17, 15) is 14.4 Å². The summed E-state index contributed by atoms with van der Waals surface area (Å²) in [6.07, 6.45) is -0.672. The lowest BCUT2D eigenvalue weighted by Gasteiger charge is -2.34. The second-order valence-electron chi connectivity index (χ2n) is 7.09. The number of hydroxylamine groups is 2. The van der Waals surface area contributed by atoms with Crippen molar-refractivity contribution in [3.63, 3.8) is 0 Å². The summed E-state index contributed by atoms with van der Waals surface area (Å²) < 4.78 is 5.18. The van der Waals surface area contributed by atoms with Gasteiger partial charge >= 0.3 is 12.1 Å². The van der Waals surface area contributed by atoms with Crippen LogP contribution in [0, 0.1) is 5.92 Å². The Hall–Kier alpha value is -2.41. The molecule has 25 heavy (non-hydrogen) atoms. The zero-order valence-corrected chi connectivity index (χ0v) is 14.9. The molecule has 0 saturated carbocycles. The van der Waals surface area contributed by atoms with Gasteiger partial charge in [0.05, 0.1) is 12.1 Å². The summed E-state index contributed by atoms with van der Waals surface area (Å²) in [6.45, 7) is 7.32. The summed E-state index contributed by atoms with van der Waals surface area (Å²) in [5, 5.41) is 3.96. The molecule has 0 spiro atoms. The number of nitrogens with one attached hydrogen (secondary N) is 1. The smallest absolute Gasteiger partial charge is 0.408 e. The summed E-state index contributed by atoms with van der Waals surface area (Å²) >= 11 is 0. The molecule has 1 aliphatic rings. The summed E-state index contributed by atoms with van der Waals surface area (Å²) in [4.78, 5) is 41.7. The van der Waals surface area contributed by atoms with E-state index in [2.05, 4.69) is 5.32 Å². The molecule has 2 atom stereocenters. The zero-order valence-electron chi connectivity index (χ0n) is 14.9. The SMILES string of the molecule is C[C@H]1CN(OC(=O)c2ccccc2)C[C@@H](NC(=O)OC(C)(C)C)C1=O. The van der Waals surface area contributed by atoms with Crippen LogP contribution in [-0.4, -0.2) is 47.6 Å². The fourth-order valence-corrected chi connectivity index (χ4v) is 2.49. The van der Waals surface area contributed by atoms with Crippen LogP contribution in [-0.2, 0) is 14.4 Å². The van der Waals surface area contributed by atoms with Crippen molar-refractivity contribution in [2.75, 3.05) is 13.1 Å². The fraction of sp³-hybridized carbons (Fsp3) is 0.500. The molecule has 0 aliphatic carbocycles. The maximum Gasteiger partial charge on any atom is 0.408 e. The van der Waals surface area contributed by atoms with Gasteiger partial charge in [0.1, 0.15) is 11.6 Å². The number of piperidine rings is 1. The molecule has 1 N–H and O–H groups in total. The Morgan fingerprint density at radius 2 is 1.80 bits per heavy atom. The van der Waals surface area contributed by atoms with Gasteiger partial charge in [-0.2, -0.15) is 0 Å². The molecule has 0 bridgehead atoms. The highest BCUT2D eigenvalue weighted by molar-refractivity contribution is 5.91. The molecule has 1 amide bonds. The van der Waals surface area contributed by atoms with Crippen LogP contribution in [0.5, 0.6) is 0 Å². The Balaban J connectivity index is 1.99. The molecule has 1 saturated heterocycles. The third-order valence-corrected chi connectivity index (χ3v) is 3.61. The van der Waals surface area contributed by atoms with Gasteiger partial charge in [-0.3, -0.25) is 4.79 Å². The Morgan fingerprint density at radius 1 is 1.16 bits per heavy atom. The van der Waals surface area contributed by atoms with E-state index < -0.39 is 23.7 Å². The summed E-state index contributed by atoms with van der Waals surface area (Å²) in [6, 6.07) is 7.80. The van der Waals surface area contributed by atoms with Gasteiger partial charge in [0.25, 0.3) is 0 Å². The fourth-order valence-electron chi connectivity index (χ4n) is 2.49. The molecule has 1 heterocycles. The molecule has 0 radical (unpaired) electrons. The molecular formula is C18H24N2O5. The lowest BCUT2D eigenvalue weighted by molar-refractivity contribution is -0.154. The Morgan fingerprint density at radius 3 is 2.40 bits per heavy atom. The summed E-state index contributed by atoms with van der Waals surface area (Å²) in [5.74, 6) is -0.992. The molecule has 1 fully saturated rings. The van der Waals surface area contributed by atoms with E-state index in [1.165, 1.54) is 5.06 Å². The standard InChI is InChI=1S/C18H24N2O5/c1-12-10-20(25-16(22)13-8-6-5-7-9-13)11-14(15(12)21)19-17(23)24-18(2,3)4/h5-9,12,14H,10-11H2,1-4H3,(H,19,23)/t12-,14+/m0/s1. The van der Waals surface area contributed by atoms with Crippen LogP contribution < -0.4 is 5.32 Å². The maximum atomic E-state index is 12.3. The van der Waals surface area contributed by atoms with Gasteiger partial charge in [-0.1, -0.05) is 25.1 Å². The van der Waals surface area contributed by atoms with Crippen LogP contribution in [0.4, 0.5) is 4.79 Å². The molecule has 7 nitrogen and oxygen atoms in total. The number of hydrogen-bond acceptors (Lipinski definition) is 6. The van der Waals surface area contributed by atoms with Crippen LogP contribution in [0.25, 0.3) is 0 Å². The number of nitrogens with zero attached hydrogens (tertiary/aromatic N) is 1. The molecule has 7 heteroatoms. The van der Waals surface area contributed by atoms with Gasteiger partial charge in [-0.25, -0.2) is 9.59 Å². The number of ketones is 1. The number of ether oxygens (including phenoxy) is 1. The monoisotopic (exact) mass is 348 g/mol. The number of hydrogen-bond donors (Lipinski definition) is 1. The highest BCUT2D eigenvalue weighted by atomic mass is 16.7. The van der Waals surface area contributed by atoms with Crippen LogP contribution in [0.1, 0.15) is 38.1 Å². The van der Waals surface area contributed by atoms with E-state index in [0.717, 1.165) is 0 Å². The van der Waals surface area contributed by atoms with Crippen molar-refractivity contribution in [1.82, 2.24) is 10.4 Å². The Labute approximate surface area is 147 Å². The Kier molecular flexibility index (Phi) is 5.79. The highest BCUT2D eigenvalue weighted by Crippen LogP contribution is 2.16. The maximum absolute atomic E-state index is 12.3. The first-order chi connectivity index (χ1) is 11.7. The largest absolute Gasteiger partial charge is 0.444 e. The molecular weight excluding hydrogens is 324 g/mol. The quantitative estimate of drug-likeness (QED) is 0.901. The number of Topliss-reactive ketones (excluding diaryl/α,β-unsaturated/α-hetero) is 1. The van der Waals surface area contributed by atoms with Gasteiger partial charge in [-0.15, -0.1) is 5.06 Å². The van der Waals surface area contributed by atoms with Gasteiger partial charge < -0.3 is 14.9 Å². The molecule has 1 aromatic rings. The van der Waals surface area contributed by atoms with Crippen LogP contribution in [0.15, 0.2) is 30.3 Å². The molecule has 0 unspecified atom stereocenters. The summed E-state index contributed by atoms with van der Waals surface area (Å²) in [5.41, 5.74) is -0.240. The number of rotatable bonds is 3. The first-order valence-corrected chi connectivity index (χ1v) is 8.21. The van der Waals surface area contributed by atoms with E-state index in [1.807, 2.05) is 0 Å². The minimum Gasteiger partial charge on any atom is -0.444 e. The average molecular weight is 348 g/mol. The number of carbonyl (C=O) groups excluding carboxylic acids is 3. The van der Waals surface area contributed by atoms with Gasteiger partial charge in [0, 0.05) is 12.5 Å². The van der Waals surface area contributed by atoms with Gasteiger partial charge in [0.15, 0.2) is 5.78 Å². The second-order valence-corrected chi connectivity index (χ2v) is 7.09. The molecule has 1 aliphatic heterocycles. The van der Waals surface area contributed by atoms with Crippen LogP contribution >= 0.6 is 0 Å². The number of benzene rings is 1. The van der Waals surface area contributed by atoms with Crippen molar-refractivity contribution in [2.24, 2.45) is 5.92 Å². The van der Waals surface area contributed by atoms with Crippen molar-refractivity contribution < 1.29 is 24.0 Å². The molecule has 1 aromatic carbocycles. The first-order valence-electron chi connectivity index (χ1n) is 8.21. The van der Waals surface area contributed by atoms with E-state index in [1.54, 1.807) is 58.0 Å². The highest BCUT2D eigenvalue weighted by Gasteiger charge is 2.36. The zero-order chi connectivity index (χ0) is 18.6. The van der Waals surface area contributed by atoms with Gasteiger partial charge in [0.2, 0.25) is 0 Å². The Bertz CT molecular complexity index is 639. The van der Waals surface area contributed by atoms with Gasteiger partial charge in [-0.05, 0) is 32.9 Å². The molecule has 2 rings (SSSR count). The lowest BCUT2D eigenvalue weighted by Crippen LogP contribution is -2.57. The van der Waals surface area contributed by atoms with E-state index in [-0.39, 0.29) is 24.8 Å². The average Bonchev–Trinajstić information content (AvgIpc) is 2.51. The predicted octanol–water partition coefficient (Wildman–Crippen LogP) is 2.17. The number of amides is 1. The van der Waals surface area contributed by atoms with E-state index >= 15 is 0 Å². The van der Waals surface area contributed by atoms with Crippen LogP contribution in [0.2, 0.25) is 0 Å². The van der Waals surface area contributed by atoms with E-state index in [4.69, 9.17) is 9.57 Å². The van der Waals surface area contributed by atoms with Crippen molar-refractivity contribution in [1.29, 1.82) is 0 Å². The lowest BCUT2D eigenvalue weighted by atomic mass is 9.95. The second kappa shape index (κ2) is 7.65. The van der Waals surface area contributed by atoms with Crippen molar-refractivity contribution in [3.05, 3.63) is 35.9 Å². The van der Waals surface area contributed by atoms with Crippen molar-refractivity contribution in [3.8, 4) is 0 Å². The summed E-state index contributed by atoms with van der Waals surface area (Å²) in [7, 11) is 0. The topological polar surface area (TPSA) is 84.9 Å². The number of carbonyl (C=O) groups is 3. The molecule has 0 aromatic heterocycles. The van der Waals surface area contributed by atoms with Crippen molar-refractivity contribution in [2.45, 2.75) is 39.3 Å². The van der Waals surface area contributed by atoms with E-state index in [0.29, 0.717) is 5.56 Å². The molecule has 136 valence electrons.